The molecule has 7 nitrogen and oxygen atoms in total. The Labute approximate surface area is 260 Å². The highest BCUT2D eigenvalue weighted by atomic mass is 35.5. The second-order valence-corrected chi connectivity index (χ2v) is 14.9. The number of carboxylic acids is 1. The van der Waals surface area contributed by atoms with Gasteiger partial charge in [-0.1, -0.05) is 43.1 Å². The van der Waals surface area contributed by atoms with E-state index in [0.29, 0.717) is 42.8 Å². The predicted octanol–water partition coefficient (Wildman–Crippen LogP) is 7.34. The first-order chi connectivity index (χ1) is 20.2. The van der Waals surface area contributed by atoms with Gasteiger partial charge in [-0.05, 0) is 97.9 Å². The van der Waals surface area contributed by atoms with Crippen molar-refractivity contribution in [2.24, 2.45) is 22.7 Å². The number of ketones is 1. The molecule has 0 radical (unpaired) electrons. The summed E-state index contributed by atoms with van der Waals surface area (Å²) in [6, 6.07) is 6.90. The normalized spacial score (nSPS) is 32.5. The molecule has 1 amide bonds. The van der Waals surface area contributed by atoms with Gasteiger partial charge < -0.3 is 15.2 Å². The smallest absolute Gasteiger partial charge is 0.335 e. The Bertz CT molecular complexity index is 1490. The highest BCUT2D eigenvalue weighted by Gasteiger charge is 2.72. The summed E-state index contributed by atoms with van der Waals surface area (Å²) in [4.78, 5) is 44.7. The third-order valence-electron chi connectivity index (χ3n) is 11.1. The fourth-order valence-corrected chi connectivity index (χ4v) is 8.94. The average molecular weight is 632 g/mol. The Balaban J connectivity index is 1.48. The summed E-state index contributed by atoms with van der Waals surface area (Å²) >= 11 is 12.6. The summed E-state index contributed by atoms with van der Waals surface area (Å²) in [5.41, 5.74) is -1.48. The Morgan fingerprint density at radius 3 is 2.49 bits per heavy atom. The van der Waals surface area contributed by atoms with Gasteiger partial charge >= 0.3 is 5.97 Å². The maximum atomic E-state index is 16.1. The third kappa shape index (κ3) is 4.70. The molecule has 43 heavy (non-hydrogen) atoms. The summed E-state index contributed by atoms with van der Waals surface area (Å²) < 4.78 is 21.8. The van der Waals surface area contributed by atoms with Crippen molar-refractivity contribution in [2.45, 2.75) is 89.1 Å². The molecule has 0 bridgehead atoms. The van der Waals surface area contributed by atoms with E-state index in [4.69, 9.17) is 27.9 Å². The van der Waals surface area contributed by atoms with Gasteiger partial charge in [0.15, 0.2) is 16.6 Å². The molecule has 2 saturated carbocycles. The minimum absolute atomic E-state index is 0.0684. The highest BCUT2D eigenvalue weighted by Crippen LogP contribution is 2.72. The molecular formula is C33H37Cl2FN2O5. The van der Waals surface area contributed by atoms with Crippen molar-refractivity contribution in [1.29, 1.82) is 0 Å². The molecule has 1 aromatic carbocycles. The van der Waals surface area contributed by atoms with Crippen LogP contribution in [0.2, 0.25) is 10.2 Å². The van der Waals surface area contributed by atoms with Crippen molar-refractivity contribution in [3.8, 4) is 0 Å². The van der Waals surface area contributed by atoms with Crippen LogP contribution in [0.3, 0.4) is 0 Å². The van der Waals surface area contributed by atoms with Gasteiger partial charge in [-0.2, -0.15) is 0 Å². The summed E-state index contributed by atoms with van der Waals surface area (Å²) in [5.74, 6) is -3.71. The van der Waals surface area contributed by atoms with Crippen molar-refractivity contribution in [1.82, 2.24) is 4.98 Å². The number of nitrogens with zero attached hydrogens (tertiary/aromatic N) is 1. The van der Waals surface area contributed by atoms with Gasteiger partial charge in [0.1, 0.15) is 5.78 Å². The van der Waals surface area contributed by atoms with Crippen molar-refractivity contribution in [3.63, 3.8) is 0 Å². The number of pyridine rings is 1. The molecule has 1 saturated heterocycles. The summed E-state index contributed by atoms with van der Waals surface area (Å²) in [5, 5.41) is 12.8. The number of amides is 1. The molecule has 2 N–H and O–H groups in total. The lowest BCUT2D eigenvalue weighted by Gasteiger charge is -2.51. The van der Waals surface area contributed by atoms with Crippen molar-refractivity contribution < 1.29 is 28.6 Å². The molecule has 4 aliphatic rings. The molecule has 2 aliphatic carbocycles. The number of aromatic nitrogens is 1. The third-order valence-corrected chi connectivity index (χ3v) is 11.6. The van der Waals surface area contributed by atoms with Gasteiger partial charge in [0.2, 0.25) is 5.91 Å². The van der Waals surface area contributed by atoms with E-state index in [1.165, 1.54) is 6.20 Å². The Hall–Kier alpha value is -2.55. The molecular weight excluding hydrogens is 594 g/mol. The SMILES string of the molecule is CC1(C)CCC2(CC1)C[C@@H](C(=O)C[C@@H]1CC[C@@](C)(C(=O)O)OC1)[C@H](c1ccnc(Cl)c1F)[C@]21C(=O)Nc2cc(Cl)ccc21. The van der Waals surface area contributed by atoms with E-state index in [1.807, 2.05) is 6.07 Å². The number of aliphatic carboxylic acids is 1. The lowest BCUT2D eigenvalue weighted by molar-refractivity contribution is -0.173. The largest absolute Gasteiger partial charge is 0.479 e. The zero-order valence-electron chi connectivity index (χ0n) is 24.6. The van der Waals surface area contributed by atoms with Crippen molar-refractivity contribution in [3.05, 3.63) is 57.6 Å². The number of hydrogen-bond donors (Lipinski definition) is 2. The molecule has 3 fully saturated rings. The maximum absolute atomic E-state index is 16.1. The van der Waals surface area contributed by atoms with E-state index in [2.05, 4.69) is 24.1 Å². The number of anilines is 1. The number of fused-ring (bicyclic) bond motifs is 3. The van der Waals surface area contributed by atoms with Crippen LogP contribution in [0.5, 0.6) is 0 Å². The molecule has 5 atom stereocenters. The molecule has 230 valence electrons. The van der Waals surface area contributed by atoms with Crippen LogP contribution in [0.4, 0.5) is 10.1 Å². The maximum Gasteiger partial charge on any atom is 0.335 e. The average Bonchev–Trinajstić information content (AvgIpc) is 3.41. The summed E-state index contributed by atoms with van der Waals surface area (Å²) in [6.07, 6.45) is 5.98. The van der Waals surface area contributed by atoms with Crippen molar-refractivity contribution in [2.75, 3.05) is 11.9 Å². The molecule has 0 unspecified atom stereocenters. The zero-order valence-corrected chi connectivity index (χ0v) is 26.2. The van der Waals surface area contributed by atoms with Crippen LogP contribution in [-0.4, -0.2) is 40.0 Å². The van der Waals surface area contributed by atoms with E-state index in [0.717, 1.165) is 18.4 Å². The number of hydrogen-bond acceptors (Lipinski definition) is 5. The number of benzene rings is 1. The Kier molecular flexibility index (Phi) is 7.46. The van der Waals surface area contributed by atoms with Crippen LogP contribution in [0.15, 0.2) is 30.5 Å². The van der Waals surface area contributed by atoms with Crippen LogP contribution >= 0.6 is 23.2 Å². The standard InChI is InChI=1S/C33H37Cl2FN2O5/c1-30(2)9-11-32(12-10-30)16-21(24(39)14-18-6-8-31(3,29(41)42)43-17-18)25(20-7-13-37-27(35)26(20)36)33(32)22-5-4-19(34)15-23(22)38-28(33)40/h4-5,7,13,15,18,21,25H,6,8-12,14,16-17H2,1-3H3,(H,38,40)(H,41,42)/t18-,21-,25-,31-,33+/m0/s1. The minimum Gasteiger partial charge on any atom is -0.479 e. The second-order valence-electron chi connectivity index (χ2n) is 14.1. The Morgan fingerprint density at radius 2 is 1.84 bits per heavy atom. The van der Waals surface area contributed by atoms with Crippen LogP contribution in [0.1, 0.15) is 89.2 Å². The molecule has 2 spiro atoms. The number of carbonyl (C=O) groups is 3. The first kappa shape index (κ1) is 30.5. The Morgan fingerprint density at radius 1 is 1.12 bits per heavy atom. The number of nitrogens with one attached hydrogen (secondary N) is 1. The van der Waals surface area contributed by atoms with Gasteiger partial charge in [0.05, 0.1) is 12.0 Å². The number of ether oxygens (including phenoxy) is 1. The number of halogens is 3. The lowest BCUT2D eigenvalue weighted by Crippen LogP contribution is -2.52. The van der Waals surface area contributed by atoms with Gasteiger partial charge in [-0.25, -0.2) is 14.2 Å². The minimum atomic E-state index is -1.28. The van der Waals surface area contributed by atoms with Crippen LogP contribution in [0, 0.1) is 28.5 Å². The molecule has 10 heteroatoms. The molecule has 6 rings (SSSR count). The first-order valence-electron chi connectivity index (χ1n) is 15.0. The number of carbonyl (C=O) groups excluding carboxylic acids is 2. The summed E-state index contributed by atoms with van der Waals surface area (Å²) in [6.45, 7) is 6.14. The van der Waals surface area contributed by atoms with Crippen LogP contribution < -0.4 is 5.32 Å². The van der Waals surface area contributed by atoms with E-state index in [9.17, 15) is 19.5 Å². The topological polar surface area (TPSA) is 106 Å². The van der Waals surface area contributed by atoms with Gasteiger partial charge in [0, 0.05) is 35.2 Å². The fraction of sp³-hybridized carbons (Fsp3) is 0.576. The highest BCUT2D eigenvalue weighted by molar-refractivity contribution is 6.31. The molecule has 2 aliphatic heterocycles. The van der Waals surface area contributed by atoms with Crippen LogP contribution in [-0.2, 0) is 24.5 Å². The van der Waals surface area contributed by atoms with E-state index in [1.54, 1.807) is 25.1 Å². The van der Waals surface area contributed by atoms with Gasteiger partial charge in [-0.15, -0.1) is 0 Å². The van der Waals surface area contributed by atoms with Gasteiger partial charge in [0.25, 0.3) is 0 Å². The quantitative estimate of drug-likeness (QED) is 0.335. The van der Waals surface area contributed by atoms with E-state index < -0.39 is 40.1 Å². The predicted molar refractivity (Wildman–Crippen MR) is 161 cm³/mol. The summed E-state index contributed by atoms with van der Waals surface area (Å²) in [7, 11) is 0. The van der Waals surface area contributed by atoms with E-state index >= 15 is 4.39 Å². The van der Waals surface area contributed by atoms with Gasteiger partial charge in [-0.3, -0.25) is 9.59 Å². The second kappa shape index (κ2) is 10.5. The molecule has 2 aromatic rings. The molecule has 1 aromatic heterocycles. The first-order valence-corrected chi connectivity index (χ1v) is 15.8. The molecule has 3 heterocycles. The number of Topliss-reactive ketones (excluding diaryl/α,β-unsaturated/α-hetero) is 1. The van der Waals surface area contributed by atoms with E-state index in [-0.39, 0.29) is 46.8 Å². The number of carboxylic acid groups (broad SMARTS) is 1. The number of rotatable bonds is 5. The monoisotopic (exact) mass is 630 g/mol. The van der Waals surface area contributed by atoms with Crippen molar-refractivity contribution >= 4 is 46.5 Å². The zero-order chi connectivity index (χ0) is 30.9. The fourth-order valence-electron chi connectivity index (χ4n) is 8.60. The lowest BCUT2D eigenvalue weighted by atomic mass is 9.51. The van der Waals surface area contributed by atoms with Crippen LogP contribution in [0.25, 0.3) is 0 Å².